The second kappa shape index (κ2) is 4.96. The molecule has 108 valence electrons. The number of aromatic nitrogens is 3. The summed E-state index contributed by atoms with van der Waals surface area (Å²) in [6.07, 6.45) is 1.74. The number of amides is 1. The average molecular weight is 300 g/mol. The first-order valence-electron chi connectivity index (χ1n) is 6.61. The van der Waals surface area contributed by atoms with E-state index >= 15 is 0 Å². The Bertz CT molecular complexity index is 914. The summed E-state index contributed by atoms with van der Waals surface area (Å²) in [4.78, 5) is 17.1. The summed E-state index contributed by atoms with van der Waals surface area (Å²) in [5.74, 6) is -0.313. The molecule has 3 aromatic rings. The third-order valence-electron chi connectivity index (χ3n) is 3.36. The summed E-state index contributed by atoms with van der Waals surface area (Å²) in [6.45, 7) is 4.15. The van der Waals surface area contributed by atoms with Gasteiger partial charge in [-0.05, 0) is 37.1 Å². The fraction of sp³-hybridized carbons (Fsp3) is 0.267. The van der Waals surface area contributed by atoms with Gasteiger partial charge in [-0.25, -0.2) is 0 Å². The smallest absolute Gasteiger partial charge is 0.300 e. The Kier molecular flexibility index (Phi) is 3.25. The van der Waals surface area contributed by atoms with Crippen LogP contribution in [0.1, 0.15) is 21.6 Å². The molecule has 0 atom stereocenters. The Balaban J connectivity index is 2.16. The number of nitrogens with zero attached hydrogens (tertiary/aromatic N) is 4. The van der Waals surface area contributed by atoms with Crippen LogP contribution in [-0.2, 0) is 14.1 Å². The maximum Gasteiger partial charge on any atom is 0.300 e. The lowest BCUT2D eigenvalue weighted by atomic mass is 10.1. The number of aryl methyl sites for hydroxylation is 4. The van der Waals surface area contributed by atoms with Gasteiger partial charge in [0.05, 0.1) is 10.2 Å². The molecule has 0 N–H and O–H groups in total. The first-order chi connectivity index (χ1) is 9.95. The van der Waals surface area contributed by atoms with E-state index in [-0.39, 0.29) is 5.91 Å². The molecule has 0 spiro atoms. The molecule has 1 amide bonds. The van der Waals surface area contributed by atoms with Crippen LogP contribution in [0.2, 0.25) is 0 Å². The fourth-order valence-electron chi connectivity index (χ4n) is 2.46. The van der Waals surface area contributed by atoms with Gasteiger partial charge >= 0.3 is 0 Å². The number of thiazole rings is 1. The molecule has 1 aromatic carbocycles. The second-order valence-electron chi connectivity index (χ2n) is 5.16. The molecule has 0 saturated heterocycles. The first kappa shape index (κ1) is 13.8. The molecular weight excluding hydrogens is 284 g/mol. The molecule has 0 aliphatic heterocycles. The fourth-order valence-corrected chi connectivity index (χ4v) is 3.66. The molecule has 0 aliphatic carbocycles. The molecule has 3 rings (SSSR count). The largest absolute Gasteiger partial charge is 0.319 e. The van der Waals surface area contributed by atoms with Crippen molar-refractivity contribution in [3.8, 4) is 0 Å². The Morgan fingerprint density at radius 2 is 2.05 bits per heavy atom. The maximum absolute atomic E-state index is 12.2. The van der Waals surface area contributed by atoms with Gasteiger partial charge in [-0.1, -0.05) is 17.4 Å². The zero-order chi connectivity index (χ0) is 15.1. The van der Waals surface area contributed by atoms with E-state index < -0.39 is 0 Å². The molecule has 2 heterocycles. The Hall–Kier alpha value is -2.21. The summed E-state index contributed by atoms with van der Waals surface area (Å²) in [5, 5.41) is 4.09. The molecule has 21 heavy (non-hydrogen) atoms. The first-order valence-corrected chi connectivity index (χ1v) is 7.43. The Morgan fingerprint density at radius 1 is 1.29 bits per heavy atom. The molecular formula is C15H16N4OS. The highest BCUT2D eigenvalue weighted by molar-refractivity contribution is 7.16. The molecule has 0 radical (unpaired) electrons. The van der Waals surface area contributed by atoms with E-state index in [2.05, 4.69) is 36.1 Å². The van der Waals surface area contributed by atoms with Crippen molar-refractivity contribution in [3.63, 3.8) is 0 Å². The van der Waals surface area contributed by atoms with Gasteiger partial charge in [-0.3, -0.25) is 9.48 Å². The van der Waals surface area contributed by atoms with E-state index in [1.54, 1.807) is 24.0 Å². The van der Waals surface area contributed by atoms with Crippen molar-refractivity contribution >= 4 is 27.5 Å². The van der Waals surface area contributed by atoms with Crippen LogP contribution < -0.4 is 4.80 Å². The molecule has 0 aliphatic rings. The van der Waals surface area contributed by atoms with Crippen LogP contribution >= 0.6 is 11.3 Å². The molecule has 2 aromatic heterocycles. The van der Waals surface area contributed by atoms with Gasteiger partial charge in [0, 0.05) is 20.3 Å². The van der Waals surface area contributed by atoms with Crippen LogP contribution in [0.3, 0.4) is 0 Å². The van der Waals surface area contributed by atoms with E-state index in [1.807, 2.05) is 11.6 Å². The average Bonchev–Trinajstić information content (AvgIpc) is 2.94. The van der Waals surface area contributed by atoms with Crippen molar-refractivity contribution in [3.05, 3.63) is 46.0 Å². The molecule has 6 heteroatoms. The molecule has 0 bridgehead atoms. The minimum Gasteiger partial charge on any atom is -0.319 e. The molecule has 0 fully saturated rings. The summed E-state index contributed by atoms with van der Waals surface area (Å²) < 4.78 is 4.71. The Labute approximate surface area is 126 Å². The third-order valence-corrected chi connectivity index (χ3v) is 4.44. The van der Waals surface area contributed by atoms with Crippen LogP contribution in [-0.4, -0.2) is 20.3 Å². The molecule has 0 saturated carbocycles. The van der Waals surface area contributed by atoms with E-state index in [1.165, 1.54) is 22.5 Å². The number of hydrogen-bond acceptors (Lipinski definition) is 3. The lowest BCUT2D eigenvalue weighted by molar-refractivity contribution is 0.0992. The van der Waals surface area contributed by atoms with Crippen LogP contribution in [0.5, 0.6) is 0 Å². The number of carbonyl (C=O) groups is 1. The number of carbonyl (C=O) groups excluding carboxylic acids is 1. The van der Waals surface area contributed by atoms with Crippen molar-refractivity contribution in [2.24, 2.45) is 19.1 Å². The quantitative estimate of drug-likeness (QED) is 0.692. The monoisotopic (exact) mass is 300 g/mol. The van der Waals surface area contributed by atoms with Crippen LogP contribution in [0.25, 0.3) is 10.2 Å². The van der Waals surface area contributed by atoms with Gasteiger partial charge in [0.25, 0.3) is 5.91 Å². The minimum atomic E-state index is -0.313. The van der Waals surface area contributed by atoms with Crippen LogP contribution in [0, 0.1) is 13.8 Å². The highest BCUT2D eigenvalue weighted by Crippen LogP contribution is 2.22. The summed E-state index contributed by atoms with van der Waals surface area (Å²) >= 11 is 1.52. The predicted octanol–water partition coefficient (Wildman–Crippen LogP) is 2.33. The zero-order valence-electron chi connectivity index (χ0n) is 12.4. The van der Waals surface area contributed by atoms with Gasteiger partial charge in [0.15, 0.2) is 10.5 Å². The lowest BCUT2D eigenvalue weighted by Gasteiger charge is -2.01. The number of rotatable bonds is 1. The van der Waals surface area contributed by atoms with Crippen molar-refractivity contribution in [1.29, 1.82) is 0 Å². The summed E-state index contributed by atoms with van der Waals surface area (Å²) in [6, 6.07) is 5.94. The second-order valence-corrected chi connectivity index (χ2v) is 6.17. The number of benzene rings is 1. The number of fused-ring (bicyclic) bond motifs is 1. The highest BCUT2D eigenvalue weighted by Gasteiger charge is 2.10. The highest BCUT2D eigenvalue weighted by atomic mass is 32.1. The predicted molar refractivity (Wildman–Crippen MR) is 83.4 cm³/mol. The SMILES string of the molecule is Cc1cc(C)c2c(c1)sc(=NC(=O)c1ccn(C)n1)n2C. The lowest BCUT2D eigenvalue weighted by Crippen LogP contribution is -2.14. The van der Waals surface area contributed by atoms with E-state index in [0.29, 0.717) is 10.5 Å². The topological polar surface area (TPSA) is 52.2 Å². The molecule has 0 unspecified atom stereocenters. The van der Waals surface area contributed by atoms with E-state index in [4.69, 9.17) is 0 Å². The van der Waals surface area contributed by atoms with Crippen LogP contribution in [0.15, 0.2) is 29.4 Å². The van der Waals surface area contributed by atoms with Gasteiger partial charge in [-0.2, -0.15) is 10.1 Å². The van der Waals surface area contributed by atoms with Crippen molar-refractivity contribution in [2.45, 2.75) is 13.8 Å². The normalized spacial score (nSPS) is 12.3. The van der Waals surface area contributed by atoms with Gasteiger partial charge < -0.3 is 4.57 Å². The van der Waals surface area contributed by atoms with E-state index in [0.717, 1.165) is 10.2 Å². The standard InChI is InChI=1S/C15H16N4OS/c1-9-7-10(2)13-12(8-9)21-15(19(13)4)16-14(20)11-5-6-18(3)17-11/h5-8H,1-4H3. The van der Waals surface area contributed by atoms with Crippen molar-refractivity contribution < 1.29 is 4.79 Å². The zero-order valence-corrected chi connectivity index (χ0v) is 13.2. The maximum atomic E-state index is 12.2. The van der Waals surface area contributed by atoms with Crippen molar-refractivity contribution in [1.82, 2.24) is 14.3 Å². The number of hydrogen-bond donors (Lipinski definition) is 0. The minimum absolute atomic E-state index is 0.313. The van der Waals surface area contributed by atoms with Gasteiger partial charge in [0.2, 0.25) is 0 Å². The molecule has 5 nitrogen and oxygen atoms in total. The Morgan fingerprint density at radius 3 is 2.71 bits per heavy atom. The van der Waals surface area contributed by atoms with Crippen LogP contribution in [0.4, 0.5) is 0 Å². The summed E-state index contributed by atoms with van der Waals surface area (Å²) in [5.41, 5.74) is 3.89. The van der Waals surface area contributed by atoms with E-state index in [9.17, 15) is 4.79 Å². The van der Waals surface area contributed by atoms with Gasteiger partial charge in [-0.15, -0.1) is 0 Å². The third kappa shape index (κ3) is 2.42. The van der Waals surface area contributed by atoms with Crippen molar-refractivity contribution in [2.75, 3.05) is 0 Å². The summed E-state index contributed by atoms with van der Waals surface area (Å²) in [7, 11) is 3.72. The van der Waals surface area contributed by atoms with Gasteiger partial charge in [0.1, 0.15) is 0 Å².